The zero-order valence-electron chi connectivity index (χ0n) is 9.10. The lowest BCUT2D eigenvalue weighted by molar-refractivity contribution is 0.637. The minimum absolute atomic E-state index is 0.266. The number of anilines is 1. The predicted molar refractivity (Wildman–Crippen MR) is 69.3 cm³/mol. The number of halogens is 1. The van der Waals surface area contributed by atoms with Crippen molar-refractivity contribution in [3.8, 4) is 0 Å². The summed E-state index contributed by atoms with van der Waals surface area (Å²) < 4.78 is 0. The lowest BCUT2D eigenvalue weighted by Crippen LogP contribution is -2.29. The number of hydrogen-bond acceptors (Lipinski definition) is 4. The van der Waals surface area contributed by atoms with E-state index in [1.54, 1.807) is 6.20 Å². The maximum atomic E-state index is 6.14. The average molecular weight is 249 g/mol. The van der Waals surface area contributed by atoms with Crippen LogP contribution in [0.5, 0.6) is 0 Å². The number of rotatable bonds is 3. The van der Waals surface area contributed by atoms with Crippen LogP contribution >= 0.6 is 11.6 Å². The van der Waals surface area contributed by atoms with E-state index in [-0.39, 0.29) is 6.04 Å². The van der Waals surface area contributed by atoms with Crippen molar-refractivity contribution in [3.63, 3.8) is 0 Å². The van der Waals surface area contributed by atoms with E-state index in [4.69, 9.17) is 23.2 Å². The first-order valence-corrected chi connectivity index (χ1v) is 5.52. The molecular weight excluding hydrogens is 236 g/mol. The highest BCUT2D eigenvalue weighted by Crippen LogP contribution is 2.29. The van der Waals surface area contributed by atoms with Gasteiger partial charge in [-0.1, -0.05) is 35.9 Å². The van der Waals surface area contributed by atoms with Gasteiger partial charge in [-0.3, -0.25) is 5.84 Å². The van der Waals surface area contributed by atoms with Crippen LogP contribution in [-0.4, -0.2) is 4.98 Å². The van der Waals surface area contributed by atoms with Crippen molar-refractivity contribution in [2.45, 2.75) is 6.04 Å². The Bertz CT molecular complexity index is 470. The Hall–Kier alpha value is -1.62. The topological polar surface area (TPSA) is 77.0 Å². The van der Waals surface area contributed by atoms with Gasteiger partial charge >= 0.3 is 0 Å². The third kappa shape index (κ3) is 2.39. The van der Waals surface area contributed by atoms with Crippen molar-refractivity contribution in [1.29, 1.82) is 0 Å². The third-order valence-electron chi connectivity index (χ3n) is 2.57. The van der Waals surface area contributed by atoms with E-state index in [2.05, 4.69) is 10.4 Å². The summed E-state index contributed by atoms with van der Waals surface area (Å²) in [7, 11) is 0. The number of nitrogens with one attached hydrogen (secondary N) is 1. The lowest BCUT2D eigenvalue weighted by Gasteiger charge is -2.19. The van der Waals surface area contributed by atoms with Crippen LogP contribution in [0.1, 0.15) is 17.2 Å². The molecule has 0 radical (unpaired) electrons. The second-order valence-electron chi connectivity index (χ2n) is 3.60. The first-order chi connectivity index (χ1) is 8.24. The molecule has 0 saturated carbocycles. The molecule has 2 rings (SSSR count). The zero-order valence-corrected chi connectivity index (χ0v) is 9.85. The van der Waals surface area contributed by atoms with Gasteiger partial charge in [-0.2, -0.15) is 0 Å². The molecule has 0 amide bonds. The fourth-order valence-electron chi connectivity index (χ4n) is 1.73. The van der Waals surface area contributed by atoms with Gasteiger partial charge in [0.05, 0.1) is 6.04 Å². The van der Waals surface area contributed by atoms with Gasteiger partial charge < -0.3 is 5.73 Å². The van der Waals surface area contributed by atoms with E-state index >= 15 is 0 Å². The average Bonchev–Trinajstić information content (AvgIpc) is 2.34. The quantitative estimate of drug-likeness (QED) is 0.573. The van der Waals surface area contributed by atoms with E-state index in [1.165, 1.54) is 0 Å². The summed E-state index contributed by atoms with van der Waals surface area (Å²) in [4.78, 5) is 4.04. The van der Waals surface area contributed by atoms with E-state index in [9.17, 15) is 0 Å². The number of nitrogens with zero attached hydrogens (tertiary/aromatic N) is 1. The zero-order chi connectivity index (χ0) is 12.3. The predicted octanol–water partition coefficient (Wildman–Crippen LogP) is 1.87. The lowest BCUT2D eigenvalue weighted by atomic mass is 10.00. The molecule has 1 aromatic heterocycles. The number of pyridine rings is 1. The Morgan fingerprint density at radius 1 is 1.12 bits per heavy atom. The number of benzene rings is 1. The summed E-state index contributed by atoms with van der Waals surface area (Å²) in [6, 6.07) is 10.9. The van der Waals surface area contributed by atoms with Crippen LogP contribution in [0.15, 0.2) is 42.6 Å². The number of hydrogen-bond donors (Lipinski definition) is 3. The smallest absolute Gasteiger partial charge is 0.128 e. The summed E-state index contributed by atoms with van der Waals surface area (Å²) >= 11 is 6.14. The molecular formula is C12H13ClN4. The minimum Gasteiger partial charge on any atom is -0.383 e. The van der Waals surface area contributed by atoms with Crippen molar-refractivity contribution < 1.29 is 0 Å². The van der Waals surface area contributed by atoms with Gasteiger partial charge in [0.25, 0.3) is 0 Å². The maximum Gasteiger partial charge on any atom is 0.128 e. The third-order valence-corrected chi connectivity index (χ3v) is 2.91. The number of aromatic nitrogens is 1. The van der Waals surface area contributed by atoms with Crippen molar-refractivity contribution in [3.05, 3.63) is 58.7 Å². The molecule has 5 N–H and O–H groups in total. The molecule has 0 bridgehead atoms. The molecule has 0 fully saturated rings. The second kappa shape index (κ2) is 5.14. The molecule has 0 spiro atoms. The minimum atomic E-state index is -0.266. The number of hydrazine groups is 1. The van der Waals surface area contributed by atoms with E-state index in [0.717, 1.165) is 11.1 Å². The molecule has 1 aromatic carbocycles. The highest BCUT2D eigenvalue weighted by molar-refractivity contribution is 6.31. The van der Waals surface area contributed by atoms with E-state index < -0.39 is 0 Å². The largest absolute Gasteiger partial charge is 0.383 e. The molecule has 2 aromatic rings. The second-order valence-corrected chi connectivity index (χ2v) is 4.01. The first-order valence-electron chi connectivity index (χ1n) is 5.15. The molecule has 1 heterocycles. The standard InChI is InChI=1S/C12H13ClN4/c13-10-6-2-1-4-8(10)11(17-15)9-5-3-7-16-12(9)14/h1-7,11,17H,15H2,(H2,14,16). The van der Waals surface area contributed by atoms with Gasteiger partial charge in [0.15, 0.2) is 0 Å². The van der Waals surface area contributed by atoms with Gasteiger partial charge in [0.2, 0.25) is 0 Å². The summed E-state index contributed by atoms with van der Waals surface area (Å²) in [6.45, 7) is 0. The fourth-order valence-corrected chi connectivity index (χ4v) is 1.98. The van der Waals surface area contributed by atoms with Crippen LogP contribution in [0.25, 0.3) is 0 Å². The molecule has 1 unspecified atom stereocenters. The molecule has 0 aliphatic rings. The van der Waals surface area contributed by atoms with Crippen LogP contribution < -0.4 is 17.0 Å². The van der Waals surface area contributed by atoms with Crippen LogP contribution in [0.2, 0.25) is 5.02 Å². The normalized spacial score (nSPS) is 12.4. The fraction of sp³-hybridized carbons (Fsp3) is 0.0833. The van der Waals surface area contributed by atoms with Gasteiger partial charge in [-0.05, 0) is 17.7 Å². The van der Waals surface area contributed by atoms with Crippen molar-refractivity contribution in [2.75, 3.05) is 5.73 Å². The molecule has 0 saturated heterocycles. The highest BCUT2D eigenvalue weighted by atomic mass is 35.5. The van der Waals surface area contributed by atoms with E-state index in [1.807, 2.05) is 36.4 Å². The maximum absolute atomic E-state index is 6.14. The first kappa shape index (κ1) is 11.9. The molecule has 0 aliphatic heterocycles. The summed E-state index contributed by atoms with van der Waals surface area (Å²) in [5.74, 6) is 6.02. The molecule has 17 heavy (non-hydrogen) atoms. The Kier molecular flexibility index (Phi) is 3.58. The van der Waals surface area contributed by atoms with E-state index in [0.29, 0.717) is 10.8 Å². The van der Waals surface area contributed by atoms with Gasteiger partial charge in [-0.25, -0.2) is 10.4 Å². The monoisotopic (exact) mass is 248 g/mol. The Morgan fingerprint density at radius 3 is 2.47 bits per heavy atom. The number of nitrogens with two attached hydrogens (primary N) is 2. The van der Waals surface area contributed by atoms with Crippen molar-refractivity contribution in [2.24, 2.45) is 5.84 Å². The van der Waals surface area contributed by atoms with Crippen LogP contribution in [0.3, 0.4) is 0 Å². The molecule has 5 heteroatoms. The van der Waals surface area contributed by atoms with Crippen LogP contribution in [0.4, 0.5) is 5.82 Å². The van der Waals surface area contributed by atoms with Crippen LogP contribution in [0, 0.1) is 0 Å². The van der Waals surface area contributed by atoms with Gasteiger partial charge in [-0.15, -0.1) is 0 Å². The summed E-state index contributed by atoms with van der Waals surface area (Å²) in [6.07, 6.45) is 1.64. The van der Waals surface area contributed by atoms with Crippen molar-refractivity contribution in [1.82, 2.24) is 10.4 Å². The molecule has 88 valence electrons. The molecule has 4 nitrogen and oxygen atoms in total. The number of nitrogen functional groups attached to an aromatic ring is 1. The van der Waals surface area contributed by atoms with Gasteiger partial charge in [0, 0.05) is 16.8 Å². The highest BCUT2D eigenvalue weighted by Gasteiger charge is 2.17. The van der Waals surface area contributed by atoms with Crippen molar-refractivity contribution >= 4 is 17.4 Å². The Morgan fingerprint density at radius 2 is 1.82 bits per heavy atom. The van der Waals surface area contributed by atoms with Gasteiger partial charge in [0.1, 0.15) is 5.82 Å². The summed E-state index contributed by atoms with van der Waals surface area (Å²) in [5, 5.41) is 0.638. The SMILES string of the molecule is NNC(c1ccccc1Cl)c1cccnc1N. The summed E-state index contributed by atoms with van der Waals surface area (Å²) in [5.41, 5.74) is 10.2. The Labute approximate surface area is 105 Å². The molecule has 1 atom stereocenters. The molecule has 0 aliphatic carbocycles. The van der Waals surface area contributed by atoms with Crippen LogP contribution in [-0.2, 0) is 0 Å². The Balaban J connectivity index is 2.48.